The minimum atomic E-state index is 0.607. The number of aryl methyl sites for hydroxylation is 1. The number of nitrogens with zero attached hydrogens (tertiary/aromatic N) is 1. The Balaban J connectivity index is 2.30. The van der Waals surface area contributed by atoms with Gasteiger partial charge >= 0.3 is 0 Å². The Hall–Kier alpha value is -1.02. The lowest BCUT2D eigenvalue weighted by Gasteiger charge is -2.21. The molecule has 0 aromatic heterocycles. The van der Waals surface area contributed by atoms with Gasteiger partial charge in [-0.15, -0.1) is 0 Å². The molecule has 2 heteroatoms. The summed E-state index contributed by atoms with van der Waals surface area (Å²) in [5, 5.41) is 0. The van der Waals surface area contributed by atoms with Gasteiger partial charge in [0.15, 0.2) is 0 Å². The monoisotopic (exact) mass is 190 g/mol. The van der Waals surface area contributed by atoms with Gasteiger partial charge in [-0.1, -0.05) is 12.1 Å². The van der Waals surface area contributed by atoms with Crippen molar-refractivity contribution in [2.24, 2.45) is 5.73 Å². The number of fused-ring (bicyclic) bond motifs is 1. The summed E-state index contributed by atoms with van der Waals surface area (Å²) in [5.41, 5.74) is 9.93. The number of hydrogen-bond donors (Lipinski definition) is 1. The maximum absolute atomic E-state index is 5.62. The summed E-state index contributed by atoms with van der Waals surface area (Å²) in [6, 6.07) is 7.14. The van der Waals surface area contributed by atoms with Crippen molar-refractivity contribution in [1.82, 2.24) is 0 Å². The van der Waals surface area contributed by atoms with Crippen LogP contribution < -0.4 is 10.6 Å². The minimum absolute atomic E-state index is 0.607. The van der Waals surface area contributed by atoms with Crippen molar-refractivity contribution in [3.63, 3.8) is 0 Å². The maximum atomic E-state index is 5.62. The fourth-order valence-electron chi connectivity index (χ4n) is 2.34. The van der Waals surface area contributed by atoms with Crippen molar-refractivity contribution in [1.29, 1.82) is 0 Å². The molecule has 1 heterocycles. The van der Waals surface area contributed by atoms with Crippen LogP contribution in [0, 0.1) is 6.92 Å². The second-order valence-electron chi connectivity index (χ2n) is 4.12. The molecular weight excluding hydrogens is 172 g/mol. The molecule has 1 aromatic carbocycles. The lowest BCUT2D eigenvalue weighted by atomic mass is 10.0. The zero-order valence-corrected chi connectivity index (χ0v) is 8.96. The van der Waals surface area contributed by atoms with Crippen LogP contribution in [0.5, 0.6) is 0 Å². The molecule has 2 N–H and O–H groups in total. The smallest absolute Gasteiger partial charge is 0.0402 e. The molecule has 0 aliphatic carbocycles. The van der Waals surface area contributed by atoms with Gasteiger partial charge in [-0.2, -0.15) is 0 Å². The van der Waals surface area contributed by atoms with Crippen LogP contribution in [0.1, 0.15) is 17.5 Å². The summed E-state index contributed by atoms with van der Waals surface area (Å²) in [6.45, 7) is 2.97. The SMILES string of the molecule is Cc1cccc2c1CC(CCN)N2C. The van der Waals surface area contributed by atoms with E-state index in [9.17, 15) is 0 Å². The molecule has 1 unspecified atom stereocenters. The van der Waals surface area contributed by atoms with Crippen LogP contribution in [-0.2, 0) is 6.42 Å². The standard InChI is InChI=1S/C12H18N2/c1-9-4-3-5-12-11(9)8-10(6-7-13)14(12)2/h3-5,10H,6-8,13H2,1-2H3. The Morgan fingerprint density at radius 3 is 2.93 bits per heavy atom. The number of rotatable bonds is 2. The first-order chi connectivity index (χ1) is 6.74. The molecule has 0 spiro atoms. The molecule has 0 amide bonds. The fourth-order valence-corrected chi connectivity index (χ4v) is 2.34. The minimum Gasteiger partial charge on any atom is -0.371 e. The highest BCUT2D eigenvalue weighted by atomic mass is 15.2. The van der Waals surface area contributed by atoms with Crippen LogP contribution in [0.3, 0.4) is 0 Å². The lowest BCUT2D eigenvalue weighted by molar-refractivity contribution is 0.616. The van der Waals surface area contributed by atoms with Crippen LogP contribution in [0.25, 0.3) is 0 Å². The van der Waals surface area contributed by atoms with Gasteiger partial charge < -0.3 is 10.6 Å². The summed E-state index contributed by atoms with van der Waals surface area (Å²) in [4.78, 5) is 2.37. The van der Waals surface area contributed by atoms with E-state index in [-0.39, 0.29) is 0 Å². The van der Waals surface area contributed by atoms with Crippen LogP contribution in [0.2, 0.25) is 0 Å². The van der Waals surface area contributed by atoms with E-state index in [1.54, 1.807) is 0 Å². The van der Waals surface area contributed by atoms with E-state index in [0.717, 1.165) is 19.4 Å². The number of nitrogens with two attached hydrogens (primary N) is 1. The molecule has 1 atom stereocenters. The average Bonchev–Trinajstić information content (AvgIpc) is 2.48. The topological polar surface area (TPSA) is 29.3 Å². The molecule has 0 saturated heterocycles. The molecular formula is C12H18N2. The zero-order chi connectivity index (χ0) is 10.1. The molecule has 0 radical (unpaired) electrons. The van der Waals surface area contributed by atoms with Gasteiger partial charge in [0.2, 0.25) is 0 Å². The molecule has 2 nitrogen and oxygen atoms in total. The third-order valence-electron chi connectivity index (χ3n) is 3.25. The summed E-state index contributed by atoms with van der Waals surface area (Å²) < 4.78 is 0. The fraction of sp³-hybridized carbons (Fsp3) is 0.500. The third-order valence-corrected chi connectivity index (χ3v) is 3.25. The molecule has 2 rings (SSSR count). The van der Waals surface area contributed by atoms with E-state index >= 15 is 0 Å². The Bertz CT molecular complexity index is 333. The van der Waals surface area contributed by atoms with Gasteiger partial charge in [-0.25, -0.2) is 0 Å². The normalized spacial score (nSPS) is 19.9. The van der Waals surface area contributed by atoms with Gasteiger partial charge in [-0.05, 0) is 43.5 Å². The first-order valence-corrected chi connectivity index (χ1v) is 5.25. The average molecular weight is 190 g/mol. The molecule has 14 heavy (non-hydrogen) atoms. The molecule has 76 valence electrons. The van der Waals surface area contributed by atoms with Crippen molar-refractivity contribution in [2.45, 2.75) is 25.8 Å². The highest BCUT2D eigenvalue weighted by molar-refractivity contribution is 5.61. The van der Waals surface area contributed by atoms with Crippen molar-refractivity contribution < 1.29 is 0 Å². The molecule has 0 saturated carbocycles. The second-order valence-corrected chi connectivity index (χ2v) is 4.12. The van der Waals surface area contributed by atoms with Crippen LogP contribution in [-0.4, -0.2) is 19.6 Å². The predicted octanol–water partition coefficient (Wildman–Crippen LogP) is 1.70. The van der Waals surface area contributed by atoms with E-state index in [0.29, 0.717) is 6.04 Å². The van der Waals surface area contributed by atoms with E-state index in [1.165, 1.54) is 16.8 Å². The quantitative estimate of drug-likeness (QED) is 0.769. The Kier molecular flexibility index (Phi) is 2.46. The largest absolute Gasteiger partial charge is 0.371 e. The Morgan fingerprint density at radius 2 is 2.29 bits per heavy atom. The molecule has 0 fully saturated rings. The van der Waals surface area contributed by atoms with E-state index in [4.69, 9.17) is 5.73 Å². The van der Waals surface area contributed by atoms with Crippen molar-refractivity contribution in [3.8, 4) is 0 Å². The van der Waals surface area contributed by atoms with Gasteiger partial charge in [0.1, 0.15) is 0 Å². The first-order valence-electron chi connectivity index (χ1n) is 5.25. The van der Waals surface area contributed by atoms with Crippen molar-refractivity contribution in [3.05, 3.63) is 29.3 Å². The molecule has 1 aromatic rings. The maximum Gasteiger partial charge on any atom is 0.0402 e. The van der Waals surface area contributed by atoms with Gasteiger partial charge in [0.05, 0.1) is 0 Å². The Morgan fingerprint density at radius 1 is 1.50 bits per heavy atom. The summed E-state index contributed by atoms with van der Waals surface area (Å²) in [6.07, 6.45) is 2.25. The summed E-state index contributed by atoms with van der Waals surface area (Å²) in [5.74, 6) is 0. The number of hydrogen-bond acceptors (Lipinski definition) is 2. The molecule has 1 aliphatic heterocycles. The lowest BCUT2D eigenvalue weighted by Crippen LogP contribution is -2.29. The summed E-state index contributed by atoms with van der Waals surface area (Å²) in [7, 11) is 2.17. The van der Waals surface area contributed by atoms with Crippen molar-refractivity contribution >= 4 is 5.69 Å². The van der Waals surface area contributed by atoms with Crippen LogP contribution in [0.15, 0.2) is 18.2 Å². The number of benzene rings is 1. The molecule has 0 bridgehead atoms. The van der Waals surface area contributed by atoms with Gasteiger partial charge in [0.25, 0.3) is 0 Å². The van der Waals surface area contributed by atoms with E-state index in [1.807, 2.05) is 0 Å². The van der Waals surface area contributed by atoms with Gasteiger partial charge in [0, 0.05) is 18.8 Å². The van der Waals surface area contributed by atoms with Gasteiger partial charge in [-0.3, -0.25) is 0 Å². The van der Waals surface area contributed by atoms with Crippen LogP contribution >= 0.6 is 0 Å². The first kappa shape index (κ1) is 9.53. The highest BCUT2D eigenvalue weighted by Crippen LogP contribution is 2.33. The Labute approximate surface area is 85.7 Å². The number of likely N-dealkylation sites (N-methyl/N-ethyl adjacent to an activating group) is 1. The van der Waals surface area contributed by atoms with E-state index < -0.39 is 0 Å². The zero-order valence-electron chi connectivity index (χ0n) is 8.96. The van der Waals surface area contributed by atoms with Crippen LogP contribution in [0.4, 0.5) is 5.69 Å². The molecule has 1 aliphatic rings. The van der Waals surface area contributed by atoms with Crippen molar-refractivity contribution in [2.75, 3.05) is 18.5 Å². The predicted molar refractivity (Wildman–Crippen MR) is 60.7 cm³/mol. The third kappa shape index (κ3) is 1.40. The number of anilines is 1. The second kappa shape index (κ2) is 3.62. The van der Waals surface area contributed by atoms with E-state index in [2.05, 4.69) is 37.1 Å². The summed E-state index contributed by atoms with van der Waals surface area (Å²) >= 11 is 0. The highest BCUT2D eigenvalue weighted by Gasteiger charge is 2.26.